The van der Waals surface area contributed by atoms with Crippen molar-refractivity contribution in [3.8, 4) is 11.3 Å². The van der Waals surface area contributed by atoms with Crippen LogP contribution in [0.2, 0.25) is 0 Å². The Balaban J connectivity index is 1.57. The van der Waals surface area contributed by atoms with E-state index >= 15 is 0 Å². The second-order valence-corrected chi connectivity index (χ2v) is 8.64. The third-order valence-electron chi connectivity index (χ3n) is 5.24. The number of aryl methyl sites for hydroxylation is 2. The highest BCUT2D eigenvalue weighted by Gasteiger charge is 2.24. The second-order valence-electron chi connectivity index (χ2n) is 7.58. The topological polar surface area (TPSA) is 46.9 Å². The summed E-state index contributed by atoms with van der Waals surface area (Å²) in [6, 6.07) is 26.1. The van der Waals surface area contributed by atoms with Crippen molar-refractivity contribution in [2.45, 2.75) is 18.7 Å². The van der Waals surface area contributed by atoms with Gasteiger partial charge in [-0.25, -0.2) is 4.68 Å². The number of carbonyl (C=O) groups excluding carboxylic acids is 1. The highest BCUT2D eigenvalue weighted by Crippen LogP contribution is 2.45. The molecule has 5 heteroatoms. The SMILES string of the molecule is Cc1ccc(C(=O)/C=C2\Sc3ccccc3-c3cc(Nc4ccccc4)nn32)c(C)c1. The minimum absolute atomic E-state index is 0.0154. The van der Waals surface area contributed by atoms with Gasteiger partial charge in [-0.15, -0.1) is 5.10 Å². The molecule has 5 rings (SSSR count). The number of hydrogen-bond acceptors (Lipinski definition) is 4. The lowest BCUT2D eigenvalue weighted by molar-refractivity contribution is 0.104. The van der Waals surface area contributed by atoms with E-state index in [1.165, 1.54) is 0 Å². The average molecular weight is 424 g/mol. The number of fused-ring (bicyclic) bond motifs is 3. The van der Waals surface area contributed by atoms with Crippen molar-refractivity contribution < 1.29 is 4.79 Å². The monoisotopic (exact) mass is 423 g/mol. The molecular formula is C26H21N3OS. The molecular weight excluding hydrogens is 402 g/mol. The number of allylic oxidation sites excluding steroid dienone is 1. The van der Waals surface area contributed by atoms with Gasteiger partial charge in [0, 0.05) is 33.9 Å². The van der Waals surface area contributed by atoms with Crippen LogP contribution in [0.15, 0.2) is 89.8 Å². The first kappa shape index (κ1) is 19.4. The molecule has 0 atom stereocenters. The molecule has 0 saturated carbocycles. The van der Waals surface area contributed by atoms with Gasteiger partial charge in [0.25, 0.3) is 0 Å². The number of rotatable bonds is 4. The molecule has 1 aliphatic rings. The molecule has 0 amide bonds. The van der Waals surface area contributed by atoms with Crippen LogP contribution in [0.25, 0.3) is 16.3 Å². The maximum atomic E-state index is 13.1. The fourth-order valence-corrected chi connectivity index (χ4v) is 4.81. The predicted octanol–water partition coefficient (Wildman–Crippen LogP) is 6.70. The van der Waals surface area contributed by atoms with Crippen molar-refractivity contribution in [3.63, 3.8) is 0 Å². The molecule has 0 unspecified atom stereocenters. The van der Waals surface area contributed by atoms with Gasteiger partial charge in [0.2, 0.25) is 0 Å². The van der Waals surface area contributed by atoms with Gasteiger partial charge in [0.1, 0.15) is 5.03 Å². The summed E-state index contributed by atoms with van der Waals surface area (Å²) in [6.07, 6.45) is 1.70. The van der Waals surface area contributed by atoms with Crippen molar-refractivity contribution in [2.24, 2.45) is 0 Å². The fourth-order valence-electron chi connectivity index (χ4n) is 3.77. The summed E-state index contributed by atoms with van der Waals surface area (Å²) in [5, 5.41) is 8.92. The number of hydrogen-bond donors (Lipinski definition) is 1. The van der Waals surface area contributed by atoms with Crippen LogP contribution in [0.3, 0.4) is 0 Å². The second kappa shape index (κ2) is 7.93. The quantitative estimate of drug-likeness (QED) is 0.293. The smallest absolute Gasteiger partial charge is 0.188 e. The number of para-hydroxylation sites is 1. The number of thioether (sulfide) groups is 1. The molecule has 0 fully saturated rings. The molecule has 0 saturated heterocycles. The minimum atomic E-state index is -0.0154. The first-order valence-corrected chi connectivity index (χ1v) is 10.9. The maximum absolute atomic E-state index is 13.1. The van der Waals surface area contributed by atoms with Crippen molar-refractivity contribution >= 4 is 34.1 Å². The Morgan fingerprint density at radius 1 is 0.968 bits per heavy atom. The van der Waals surface area contributed by atoms with Gasteiger partial charge in [0.05, 0.1) is 5.69 Å². The number of nitrogens with zero attached hydrogens (tertiary/aromatic N) is 2. The molecule has 31 heavy (non-hydrogen) atoms. The van der Waals surface area contributed by atoms with E-state index in [0.717, 1.165) is 43.8 Å². The lowest BCUT2D eigenvalue weighted by atomic mass is 10.0. The Morgan fingerprint density at radius 2 is 1.74 bits per heavy atom. The van der Waals surface area contributed by atoms with Gasteiger partial charge in [-0.05, 0) is 37.6 Å². The van der Waals surface area contributed by atoms with Crippen molar-refractivity contribution in [2.75, 3.05) is 5.32 Å². The number of benzene rings is 3. The van der Waals surface area contributed by atoms with Gasteiger partial charge in [-0.2, -0.15) is 0 Å². The Hall–Kier alpha value is -3.57. The molecule has 2 heterocycles. The summed E-state index contributed by atoms with van der Waals surface area (Å²) in [6.45, 7) is 4.01. The van der Waals surface area contributed by atoms with E-state index in [-0.39, 0.29) is 5.78 Å². The molecule has 3 aromatic carbocycles. The molecule has 0 spiro atoms. The summed E-state index contributed by atoms with van der Waals surface area (Å²) in [7, 11) is 0. The first-order chi connectivity index (χ1) is 15.1. The Bertz CT molecular complexity index is 1320. The molecule has 0 aliphatic carbocycles. The zero-order valence-corrected chi connectivity index (χ0v) is 18.1. The van der Waals surface area contributed by atoms with E-state index in [9.17, 15) is 4.79 Å². The first-order valence-electron chi connectivity index (χ1n) is 10.1. The van der Waals surface area contributed by atoms with Gasteiger partial charge < -0.3 is 5.32 Å². The Kier molecular flexibility index (Phi) is 4.96. The van der Waals surface area contributed by atoms with E-state index in [2.05, 4.69) is 17.4 Å². The number of nitrogens with one attached hydrogen (secondary N) is 1. The predicted molar refractivity (Wildman–Crippen MR) is 128 cm³/mol. The fraction of sp³-hybridized carbons (Fsp3) is 0.0769. The zero-order valence-electron chi connectivity index (χ0n) is 17.3. The maximum Gasteiger partial charge on any atom is 0.188 e. The molecule has 0 radical (unpaired) electrons. The number of carbonyl (C=O) groups is 1. The van der Waals surface area contributed by atoms with Gasteiger partial charge >= 0.3 is 0 Å². The summed E-state index contributed by atoms with van der Waals surface area (Å²) in [4.78, 5) is 14.2. The molecule has 1 aliphatic heterocycles. The van der Waals surface area contributed by atoms with Gasteiger partial charge in [-0.3, -0.25) is 4.79 Å². The lowest BCUT2D eigenvalue weighted by Crippen LogP contribution is -2.08. The molecule has 1 N–H and O–H groups in total. The van der Waals surface area contributed by atoms with Gasteiger partial charge in [-0.1, -0.05) is 71.9 Å². The molecule has 0 bridgehead atoms. The molecule has 1 aromatic heterocycles. The standard InChI is InChI=1S/C26H21N3OS/c1-17-12-13-20(18(2)14-17)23(30)16-26-29-22(21-10-6-7-11-24(21)31-26)15-25(28-29)27-19-8-4-3-5-9-19/h3-16H,1-2H3,(H,27,28)/b26-16-. The largest absolute Gasteiger partial charge is 0.339 e. The van der Waals surface area contributed by atoms with Crippen molar-refractivity contribution in [1.82, 2.24) is 9.78 Å². The zero-order chi connectivity index (χ0) is 21.4. The van der Waals surface area contributed by atoms with Gasteiger partial charge in [0.15, 0.2) is 11.6 Å². The third kappa shape index (κ3) is 3.80. The summed E-state index contributed by atoms with van der Waals surface area (Å²) in [5.74, 6) is 0.724. The van der Waals surface area contributed by atoms with E-state index in [1.54, 1.807) is 17.8 Å². The van der Waals surface area contributed by atoms with Crippen LogP contribution in [0.1, 0.15) is 21.5 Å². The summed E-state index contributed by atoms with van der Waals surface area (Å²) < 4.78 is 1.86. The van der Waals surface area contributed by atoms with Crippen molar-refractivity contribution in [1.29, 1.82) is 0 Å². The number of anilines is 2. The normalized spacial score (nSPS) is 13.5. The Labute approximate surface area is 185 Å². The van der Waals surface area contributed by atoms with E-state index in [0.29, 0.717) is 5.56 Å². The molecule has 4 nitrogen and oxygen atoms in total. The van der Waals surface area contributed by atoms with Crippen LogP contribution in [0, 0.1) is 13.8 Å². The Morgan fingerprint density at radius 3 is 2.55 bits per heavy atom. The molecule has 152 valence electrons. The minimum Gasteiger partial charge on any atom is -0.339 e. The molecule has 4 aromatic rings. The van der Waals surface area contributed by atoms with E-state index < -0.39 is 0 Å². The van der Waals surface area contributed by atoms with Crippen LogP contribution >= 0.6 is 11.8 Å². The van der Waals surface area contributed by atoms with Crippen LogP contribution in [0.4, 0.5) is 11.5 Å². The van der Waals surface area contributed by atoms with Crippen molar-refractivity contribution in [3.05, 3.63) is 102 Å². The lowest BCUT2D eigenvalue weighted by Gasteiger charge is -2.19. The van der Waals surface area contributed by atoms with Crippen LogP contribution in [-0.2, 0) is 0 Å². The highest BCUT2D eigenvalue weighted by atomic mass is 32.2. The van der Waals surface area contributed by atoms with Crippen LogP contribution in [-0.4, -0.2) is 15.6 Å². The third-order valence-corrected chi connectivity index (χ3v) is 6.32. The van der Waals surface area contributed by atoms with E-state index in [4.69, 9.17) is 5.10 Å². The van der Waals surface area contributed by atoms with Crippen LogP contribution < -0.4 is 5.32 Å². The van der Waals surface area contributed by atoms with E-state index in [1.807, 2.05) is 85.3 Å². The van der Waals surface area contributed by atoms with Crippen LogP contribution in [0.5, 0.6) is 0 Å². The highest BCUT2D eigenvalue weighted by molar-refractivity contribution is 8.08. The number of ketones is 1. The number of aromatic nitrogens is 2. The average Bonchev–Trinajstić information content (AvgIpc) is 3.18. The summed E-state index contributed by atoms with van der Waals surface area (Å²) in [5.41, 5.74) is 5.89. The summed E-state index contributed by atoms with van der Waals surface area (Å²) >= 11 is 1.56.